The van der Waals surface area contributed by atoms with Gasteiger partial charge in [0.25, 0.3) is 5.91 Å². The Morgan fingerprint density at radius 3 is 2.48 bits per heavy atom. The summed E-state index contributed by atoms with van der Waals surface area (Å²) in [6.07, 6.45) is 2.34. The first kappa shape index (κ1) is 24.8. The molecule has 0 radical (unpaired) electrons. The predicted molar refractivity (Wildman–Crippen MR) is 116 cm³/mol. The lowest BCUT2D eigenvalue weighted by Crippen LogP contribution is -2.54. The van der Waals surface area contributed by atoms with Gasteiger partial charge in [0.05, 0.1) is 5.56 Å². The number of nitrogens with zero attached hydrogens (tertiary/aromatic N) is 1. The molecule has 1 heterocycles. The van der Waals surface area contributed by atoms with Crippen LogP contribution >= 0.6 is 0 Å². The number of likely N-dealkylation sites (tertiary alicyclic amines) is 1. The van der Waals surface area contributed by atoms with Gasteiger partial charge in [-0.15, -0.1) is 0 Å². The van der Waals surface area contributed by atoms with Gasteiger partial charge in [0, 0.05) is 39.8 Å². The molecule has 0 saturated carbocycles. The van der Waals surface area contributed by atoms with Crippen LogP contribution in [0.1, 0.15) is 49.9 Å². The molecule has 172 valence electrons. The van der Waals surface area contributed by atoms with Crippen molar-refractivity contribution in [3.05, 3.63) is 35.6 Å². The molecule has 0 aromatic heterocycles. The summed E-state index contributed by atoms with van der Waals surface area (Å²) in [6.45, 7) is 6.03. The summed E-state index contributed by atoms with van der Waals surface area (Å²) < 4.78 is 19.0. The molecule has 31 heavy (non-hydrogen) atoms. The minimum Gasteiger partial charge on any atom is -0.385 e. The Bertz CT molecular complexity index is 748. The van der Waals surface area contributed by atoms with Crippen molar-refractivity contribution >= 4 is 17.7 Å². The number of carbonyl (C=O) groups is 3. The van der Waals surface area contributed by atoms with Gasteiger partial charge in [-0.25, -0.2) is 4.39 Å². The zero-order valence-electron chi connectivity index (χ0n) is 18.7. The summed E-state index contributed by atoms with van der Waals surface area (Å²) in [5, 5.41) is 5.57. The van der Waals surface area contributed by atoms with Gasteiger partial charge in [0.2, 0.25) is 11.8 Å². The topological polar surface area (TPSA) is 87.7 Å². The van der Waals surface area contributed by atoms with E-state index in [-0.39, 0.29) is 29.2 Å². The molecular weight excluding hydrogens is 401 g/mol. The molecule has 3 amide bonds. The maximum Gasteiger partial charge on any atom is 0.254 e. The summed E-state index contributed by atoms with van der Waals surface area (Å²) >= 11 is 0. The van der Waals surface area contributed by atoms with Crippen molar-refractivity contribution in [3.8, 4) is 0 Å². The Hall–Kier alpha value is -2.48. The third-order valence-electron chi connectivity index (χ3n) is 5.46. The first-order chi connectivity index (χ1) is 14.8. The van der Waals surface area contributed by atoms with E-state index >= 15 is 0 Å². The lowest BCUT2D eigenvalue weighted by Gasteiger charge is -2.36. The lowest BCUT2D eigenvalue weighted by atomic mass is 9.88. The van der Waals surface area contributed by atoms with Gasteiger partial charge >= 0.3 is 0 Å². The van der Waals surface area contributed by atoms with E-state index < -0.39 is 17.8 Å². The fraction of sp³-hybridized carbons (Fsp3) is 0.609. The maximum absolute atomic E-state index is 14.0. The van der Waals surface area contributed by atoms with E-state index in [1.165, 1.54) is 18.2 Å². The van der Waals surface area contributed by atoms with Crippen LogP contribution in [0.5, 0.6) is 0 Å². The van der Waals surface area contributed by atoms with Crippen LogP contribution in [0.15, 0.2) is 24.3 Å². The number of benzene rings is 1. The first-order valence-electron chi connectivity index (χ1n) is 10.9. The van der Waals surface area contributed by atoms with E-state index in [4.69, 9.17) is 4.74 Å². The molecule has 7 nitrogen and oxygen atoms in total. The van der Waals surface area contributed by atoms with Crippen LogP contribution in [-0.4, -0.2) is 62.0 Å². The molecule has 2 rings (SSSR count). The summed E-state index contributed by atoms with van der Waals surface area (Å²) in [4.78, 5) is 39.7. The van der Waals surface area contributed by atoms with Crippen molar-refractivity contribution in [3.63, 3.8) is 0 Å². The van der Waals surface area contributed by atoms with Crippen LogP contribution in [0.4, 0.5) is 4.39 Å². The van der Waals surface area contributed by atoms with Crippen LogP contribution in [0.25, 0.3) is 0 Å². The second kappa shape index (κ2) is 12.4. The number of ether oxygens (including phenoxy) is 1. The van der Waals surface area contributed by atoms with Gasteiger partial charge in [0.1, 0.15) is 11.9 Å². The molecule has 8 heteroatoms. The molecule has 1 fully saturated rings. The van der Waals surface area contributed by atoms with E-state index in [1.54, 1.807) is 13.2 Å². The quantitative estimate of drug-likeness (QED) is 0.553. The van der Waals surface area contributed by atoms with Gasteiger partial charge in [0.15, 0.2) is 0 Å². The highest BCUT2D eigenvalue weighted by atomic mass is 19.1. The summed E-state index contributed by atoms with van der Waals surface area (Å²) in [5.41, 5.74) is -0.0933. The smallest absolute Gasteiger partial charge is 0.254 e. The van der Waals surface area contributed by atoms with Crippen molar-refractivity contribution in [1.82, 2.24) is 15.5 Å². The Morgan fingerprint density at radius 2 is 1.87 bits per heavy atom. The Kier molecular flexibility index (Phi) is 9.91. The molecule has 0 spiro atoms. The average molecular weight is 436 g/mol. The Labute approximate surface area is 183 Å². The Balaban J connectivity index is 2.05. The molecule has 1 saturated heterocycles. The highest BCUT2D eigenvalue weighted by Crippen LogP contribution is 2.23. The molecule has 0 bridgehead atoms. The van der Waals surface area contributed by atoms with Gasteiger partial charge in [-0.05, 0) is 43.2 Å². The van der Waals surface area contributed by atoms with Gasteiger partial charge in [-0.2, -0.15) is 0 Å². The van der Waals surface area contributed by atoms with E-state index in [1.807, 2.05) is 18.7 Å². The number of nitrogens with one attached hydrogen (secondary N) is 2. The second-order valence-electron chi connectivity index (χ2n) is 8.38. The van der Waals surface area contributed by atoms with E-state index in [0.717, 1.165) is 0 Å². The zero-order valence-corrected chi connectivity index (χ0v) is 18.7. The van der Waals surface area contributed by atoms with Crippen LogP contribution in [0.2, 0.25) is 0 Å². The van der Waals surface area contributed by atoms with Crippen LogP contribution < -0.4 is 10.6 Å². The van der Waals surface area contributed by atoms with E-state index in [2.05, 4.69) is 10.6 Å². The van der Waals surface area contributed by atoms with Crippen molar-refractivity contribution in [1.29, 1.82) is 0 Å². The number of hydrogen-bond acceptors (Lipinski definition) is 4. The van der Waals surface area contributed by atoms with Gasteiger partial charge in [-0.3, -0.25) is 14.4 Å². The standard InChI is InChI=1S/C23H34FN3O4/c1-16(2)15-20(28)27-12-9-17(10-13-27)21(23(30)25-11-6-14-31-3)26-22(29)18-7-4-5-8-19(18)24/h4-5,7-8,16-17,21H,6,9-15H2,1-3H3,(H,25,30)(H,26,29)/t21-/m0/s1. The monoisotopic (exact) mass is 435 g/mol. The van der Waals surface area contributed by atoms with Crippen molar-refractivity contribution < 1.29 is 23.5 Å². The minimum absolute atomic E-state index is 0.0933. The minimum atomic E-state index is -0.794. The fourth-order valence-electron chi connectivity index (χ4n) is 3.76. The molecule has 1 aliphatic rings. The van der Waals surface area contributed by atoms with Gasteiger partial charge < -0.3 is 20.3 Å². The summed E-state index contributed by atoms with van der Waals surface area (Å²) in [7, 11) is 1.59. The number of methoxy groups -OCH3 is 1. The number of rotatable bonds is 10. The molecule has 2 N–H and O–H groups in total. The first-order valence-corrected chi connectivity index (χ1v) is 10.9. The molecular formula is C23H34FN3O4. The lowest BCUT2D eigenvalue weighted by molar-refractivity contribution is -0.133. The normalized spacial score (nSPS) is 15.6. The summed E-state index contributed by atoms with van der Waals surface area (Å²) in [6, 6.07) is 4.91. The largest absolute Gasteiger partial charge is 0.385 e. The fourth-order valence-corrected chi connectivity index (χ4v) is 3.76. The number of hydrogen-bond donors (Lipinski definition) is 2. The van der Waals surface area contributed by atoms with Crippen LogP contribution in [0.3, 0.4) is 0 Å². The van der Waals surface area contributed by atoms with Crippen molar-refractivity contribution in [2.45, 2.75) is 45.6 Å². The van der Waals surface area contributed by atoms with Crippen LogP contribution in [0, 0.1) is 17.7 Å². The Morgan fingerprint density at radius 1 is 1.19 bits per heavy atom. The third kappa shape index (κ3) is 7.61. The number of carbonyl (C=O) groups excluding carboxylic acids is 3. The van der Waals surface area contributed by atoms with Crippen molar-refractivity contribution in [2.75, 3.05) is 33.4 Å². The molecule has 1 aromatic rings. The molecule has 0 unspecified atom stereocenters. The van der Waals surface area contributed by atoms with E-state index in [0.29, 0.717) is 51.9 Å². The third-order valence-corrected chi connectivity index (χ3v) is 5.46. The molecule has 1 aromatic carbocycles. The maximum atomic E-state index is 14.0. The van der Waals surface area contributed by atoms with Crippen LogP contribution in [-0.2, 0) is 14.3 Å². The highest BCUT2D eigenvalue weighted by molar-refractivity contribution is 5.97. The molecule has 1 atom stereocenters. The highest BCUT2D eigenvalue weighted by Gasteiger charge is 2.34. The molecule has 1 aliphatic heterocycles. The SMILES string of the molecule is COCCCNC(=O)[C@@H](NC(=O)c1ccccc1F)C1CCN(C(=O)CC(C)C)CC1. The van der Waals surface area contributed by atoms with Crippen molar-refractivity contribution in [2.24, 2.45) is 11.8 Å². The zero-order chi connectivity index (χ0) is 22.8. The van der Waals surface area contributed by atoms with E-state index in [9.17, 15) is 18.8 Å². The second-order valence-corrected chi connectivity index (χ2v) is 8.38. The number of halogens is 1. The van der Waals surface area contributed by atoms with Gasteiger partial charge in [-0.1, -0.05) is 26.0 Å². The predicted octanol–water partition coefficient (Wildman–Crippen LogP) is 2.36. The number of piperidine rings is 1. The average Bonchev–Trinajstić information content (AvgIpc) is 2.74. The number of amides is 3. The summed E-state index contributed by atoms with van der Waals surface area (Å²) in [5.74, 6) is -1.28. The molecule has 0 aliphatic carbocycles.